The van der Waals surface area contributed by atoms with Gasteiger partial charge in [-0.1, -0.05) is 60.7 Å². The van der Waals surface area contributed by atoms with Gasteiger partial charge in [0.05, 0.1) is 25.8 Å². The molecule has 1 aliphatic heterocycles. The third-order valence-electron chi connectivity index (χ3n) is 7.33. The van der Waals surface area contributed by atoms with E-state index < -0.39 is 30.2 Å². The van der Waals surface area contributed by atoms with Crippen LogP contribution in [0, 0.1) is 0 Å². The summed E-state index contributed by atoms with van der Waals surface area (Å²) in [5, 5.41) is 16.6. The van der Waals surface area contributed by atoms with Gasteiger partial charge in [-0.25, -0.2) is 4.79 Å². The van der Waals surface area contributed by atoms with Crippen molar-refractivity contribution in [3.63, 3.8) is 0 Å². The molecule has 4 aromatic rings. The number of hydrogen-bond acceptors (Lipinski definition) is 8. The van der Waals surface area contributed by atoms with Crippen molar-refractivity contribution in [1.82, 2.24) is 15.4 Å². The monoisotopic (exact) mass is 589 g/mol. The second-order valence-electron chi connectivity index (χ2n) is 10.0. The average Bonchev–Trinajstić information content (AvgIpc) is 3.38. The van der Waals surface area contributed by atoms with E-state index >= 15 is 0 Å². The number of fused-ring (bicyclic) bond motifs is 3. The fraction of sp³-hybridized carbons (Fsp3) is 0.312. The number of H-pyrrole nitrogens is 1. The molecule has 1 aliphatic rings. The maximum Gasteiger partial charge on any atom is 0.407 e. The summed E-state index contributed by atoms with van der Waals surface area (Å²) in [6, 6.07) is 22.7. The number of para-hydroxylation sites is 1. The summed E-state index contributed by atoms with van der Waals surface area (Å²) in [6.07, 6.45) is -0.340. The number of ether oxygens (including phenoxy) is 3. The molecule has 0 unspecified atom stereocenters. The van der Waals surface area contributed by atoms with Crippen molar-refractivity contribution in [2.75, 3.05) is 19.5 Å². The molecule has 0 bridgehead atoms. The molecule has 2 heterocycles. The van der Waals surface area contributed by atoms with E-state index in [4.69, 9.17) is 14.2 Å². The molecule has 0 aliphatic carbocycles. The maximum absolute atomic E-state index is 13.1. The molecule has 0 saturated heterocycles. The molecular weight excluding hydrogens is 554 g/mol. The Labute approximate surface area is 249 Å². The Morgan fingerprint density at radius 3 is 2.50 bits per heavy atom. The Morgan fingerprint density at radius 1 is 1.02 bits per heavy atom. The predicted octanol–water partition coefficient (Wildman–Crippen LogP) is 5.63. The zero-order valence-corrected chi connectivity index (χ0v) is 24.4. The van der Waals surface area contributed by atoms with Crippen molar-refractivity contribution < 1.29 is 29.0 Å². The van der Waals surface area contributed by atoms with Gasteiger partial charge in [0.1, 0.15) is 18.4 Å². The zero-order valence-electron chi connectivity index (χ0n) is 23.6. The van der Waals surface area contributed by atoms with Crippen molar-refractivity contribution >= 4 is 34.7 Å². The van der Waals surface area contributed by atoms with Crippen LogP contribution in [0.2, 0.25) is 0 Å². The summed E-state index contributed by atoms with van der Waals surface area (Å²) in [5.74, 6) is 1.36. The number of alkyl carbamates (subject to hydrolysis) is 1. The minimum Gasteiger partial charge on any atom is -0.497 e. The molecule has 3 atom stereocenters. The summed E-state index contributed by atoms with van der Waals surface area (Å²) in [5.41, 5.74) is 4.51. The lowest BCUT2D eigenvalue weighted by Crippen LogP contribution is -2.55. The summed E-state index contributed by atoms with van der Waals surface area (Å²) in [4.78, 5) is 29.6. The molecule has 0 spiro atoms. The lowest BCUT2D eigenvalue weighted by atomic mass is 9.90. The first-order valence-corrected chi connectivity index (χ1v) is 15.0. The number of aromatic amines is 1. The molecule has 3 N–H and O–H groups in total. The van der Waals surface area contributed by atoms with Crippen LogP contribution in [0.4, 0.5) is 4.79 Å². The second-order valence-corrected chi connectivity index (χ2v) is 11.1. The fourth-order valence-corrected chi connectivity index (χ4v) is 6.34. The van der Waals surface area contributed by atoms with Crippen molar-refractivity contribution in [2.45, 2.75) is 43.8 Å². The Balaban J connectivity index is 1.43. The van der Waals surface area contributed by atoms with Crippen LogP contribution in [-0.4, -0.2) is 58.9 Å². The van der Waals surface area contributed by atoms with Gasteiger partial charge in [0, 0.05) is 34.5 Å². The van der Waals surface area contributed by atoms with Gasteiger partial charge in [-0.3, -0.25) is 4.79 Å². The van der Waals surface area contributed by atoms with Gasteiger partial charge >= 0.3 is 12.1 Å². The molecule has 42 heavy (non-hydrogen) atoms. The number of esters is 1. The first-order valence-electron chi connectivity index (χ1n) is 13.9. The number of benzene rings is 3. The van der Waals surface area contributed by atoms with Crippen LogP contribution in [-0.2, 0) is 33.0 Å². The predicted molar refractivity (Wildman–Crippen MR) is 161 cm³/mol. The van der Waals surface area contributed by atoms with Crippen LogP contribution in [0.1, 0.15) is 35.3 Å². The molecule has 0 radical (unpaired) electrons. The van der Waals surface area contributed by atoms with E-state index in [1.807, 2.05) is 78.9 Å². The third-order valence-corrected chi connectivity index (χ3v) is 8.46. The highest BCUT2D eigenvalue weighted by atomic mass is 32.2. The Bertz CT molecular complexity index is 1490. The van der Waals surface area contributed by atoms with E-state index in [0.29, 0.717) is 11.5 Å². The Kier molecular flexibility index (Phi) is 9.68. The van der Waals surface area contributed by atoms with Gasteiger partial charge in [0.25, 0.3) is 0 Å². The van der Waals surface area contributed by atoms with E-state index in [1.54, 1.807) is 25.8 Å². The number of hydroxylamine groups is 2. The summed E-state index contributed by atoms with van der Waals surface area (Å²) < 4.78 is 16.2. The topological polar surface area (TPSA) is 113 Å². The minimum atomic E-state index is -0.933. The van der Waals surface area contributed by atoms with Gasteiger partial charge < -0.3 is 29.7 Å². The van der Waals surface area contributed by atoms with E-state index in [1.165, 1.54) is 0 Å². The first kappa shape index (κ1) is 29.5. The smallest absolute Gasteiger partial charge is 0.407 e. The number of carbonyl (C=O) groups is 2. The van der Waals surface area contributed by atoms with E-state index in [9.17, 15) is 14.8 Å². The van der Waals surface area contributed by atoms with Crippen molar-refractivity contribution in [3.05, 3.63) is 101 Å². The maximum atomic E-state index is 13.1. The van der Waals surface area contributed by atoms with Gasteiger partial charge in [-0.2, -0.15) is 16.8 Å². The lowest BCUT2D eigenvalue weighted by molar-refractivity contribution is -0.196. The van der Waals surface area contributed by atoms with Crippen LogP contribution >= 0.6 is 11.8 Å². The fourth-order valence-electron chi connectivity index (χ4n) is 5.28. The molecule has 1 aromatic heterocycles. The van der Waals surface area contributed by atoms with Gasteiger partial charge in [0.2, 0.25) is 0 Å². The molecule has 10 heteroatoms. The molecule has 1 amide bonds. The summed E-state index contributed by atoms with van der Waals surface area (Å²) in [6.45, 7) is 2.04. The zero-order chi connectivity index (χ0) is 29.5. The Hall–Kier alpha value is -3.99. The number of nitrogens with zero attached hydrogens (tertiary/aromatic N) is 1. The van der Waals surface area contributed by atoms with Gasteiger partial charge in [-0.15, -0.1) is 0 Å². The van der Waals surface area contributed by atoms with Crippen molar-refractivity contribution in [2.24, 2.45) is 0 Å². The largest absolute Gasteiger partial charge is 0.497 e. The summed E-state index contributed by atoms with van der Waals surface area (Å²) >= 11 is 1.60. The number of rotatable bonds is 11. The number of thioether (sulfide) groups is 1. The molecule has 5 rings (SSSR count). The first-order chi connectivity index (χ1) is 20.5. The number of aromatic nitrogens is 1. The highest BCUT2D eigenvalue weighted by Crippen LogP contribution is 2.39. The number of nitrogens with one attached hydrogen (secondary N) is 2. The minimum absolute atomic E-state index is 0.106. The second kappa shape index (κ2) is 13.8. The van der Waals surface area contributed by atoms with Crippen LogP contribution in [0.3, 0.4) is 0 Å². The van der Waals surface area contributed by atoms with Crippen LogP contribution < -0.4 is 10.1 Å². The molecule has 220 valence electrons. The lowest BCUT2D eigenvalue weighted by Gasteiger charge is -2.40. The van der Waals surface area contributed by atoms with Crippen molar-refractivity contribution in [3.8, 4) is 5.75 Å². The van der Waals surface area contributed by atoms with Crippen LogP contribution in [0.5, 0.6) is 5.75 Å². The van der Waals surface area contributed by atoms with E-state index in [2.05, 4.69) is 10.3 Å². The van der Waals surface area contributed by atoms with Crippen LogP contribution in [0.15, 0.2) is 78.9 Å². The number of methoxy groups -OCH3 is 1. The SMILES string of the molecule is CCOC(=O)[C@H]1Cc2c([nH]c3ccccc23)[C@H]([C@@H](CSCc2ccc(OC)cc2)NC(=O)OCc2ccccc2)N1O. The number of amides is 1. The van der Waals surface area contributed by atoms with Gasteiger partial charge in [-0.05, 0) is 41.8 Å². The molecule has 9 nitrogen and oxygen atoms in total. The van der Waals surface area contributed by atoms with Crippen LogP contribution in [0.25, 0.3) is 10.9 Å². The third kappa shape index (κ3) is 6.73. The number of carbonyl (C=O) groups excluding carboxylic acids is 2. The quantitative estimate of drug-likeness (QED) is 0.193. The Morgan fingerprint density at radius 2 is 1.76 bits per heavy atom. The van der Waals surface area contributed by atoms with Crippen molar-refractivity contribution in [1.29, 1.82) is 0 Å². The summed E-state index contributed by atoms with van der Waals surface area (Å²) in [7, 11) is 1.63. The highest BCUT2D eigenvalue weighted by Gasteiger charge is 2.44. The highest BCUT2D eigenvalue weighted by molar-refractivity contribution is 7.98. The standard InChI is InChI=1S/C32H35N3O6S/c1-3-40-31(36)28-17-25-24-11-7-8-12-26(24)33-29(25)30(35(28)38)27(20-42-19-22-13-15-23(39-2)16-14-22)34-32(37)41-18-21-9-5-4-6-10-21/h4-16,27-28,30,33,38H,3,17-20H2,1-2H3,(H,34,37)/t27-,28-,30+/m1/s1. The molecule has 0 fully saturated rings. The number of hydrogen-bond donors (Lipinski definition) is 3. The normalized spacial score (nSPS) is 17.3. The molecule has 3 aromatic carbocycles. The molecule has 0 saturated carbocycles. The van der Waals surface area contributed by atoms with E-state index in [0.717, 1.165) is 44.1 Å². The average molecular weight is 590 g/mol. The molecular formula is C32H35N3O6S. The van der Waals surface area contributed by atoms with Gasteiger partial charge in [0.15, 0.2) is 0 Å². The van der Waals surface area contributed by atoms with E-state index in [-0.39, 0.29) is 19.6 Å².